The molecule has 1 rings (SSSR count). The van der Waals surface area contributed by atoms with Crippen LogP contribution in [0.3, 0.4) is 0 Å². The van der Waals surface area contributed by atoms with Crippen LogP contribution in [0.2, 0.25) is 0 Å². The van der Waals surface area contributed by atoms with Gasteiger partial charge in [-0.25, -0.2) is 4.31 Å². The van der Waals surface area contributed by atoms with Crippen LogP contribution in [0.4, 0.5) is 0 Å². The Morgan fingerprint density at radius 1 is 0.852 bits per heavy atom. The summed E-state index contributed by atoms with van der Waals surface area (Å²) in [5.74, 6) is -0.310. The van der Waals surface area contributed by atoms with Crippen molar-refractivity contribution in [1.29, 1.82) is 0 Å². The van der Waals surface area contributed by atoms with E-state index in [1.165, 1.54) is 0 Å². The molecule has 0 fully saturated rings. The highest BCUT2D eigenvalue weighted by atomic mass is 31.2. The van der Waals surface area contributed by atoms with Crippen LogP contribution in [0.1, 0.15) is 32.3 Å². The van der Waals surface area contributed by atoms with E-state index < -0.39 is 48.5 Å². The zero-order valence-corrected chi connectivity index (χ0v) is 17.3. The second-order valence-corrected chi connectivity index (χ2v) is 8.79. The summed E-state index contributed by atoms with van der Waals surface area (Å²) in [6.07, 6.45) is -1.05. The molecule has 2 unspecified atom stereocenters. The Morgan fingerprint density at radius 2 is 1.26 bits per heavy atom. The molecule has 0 saturated carbocycles. The van der Waals surface area contributed by atoms with Gasteiger partial charge in [-0.3, -0.25) is 0 Å². The number of hydrogen-bond donors (Lipinski definition) is 8. The average molecular weight is 428 g/mol. The molecule has 0 aromatic heterocycles. The van der Waals surface area contributed by atoms with Crippen molar-refractivity contribution in [3.05, 3.63) is 35.9 Å². The normalized spacial score (nSPS) is 14.7. The van der Waals surface area contributed by atoms with Gasteiger partial charge in [-0.2, -0.15) is 0 Å². The number of benzene rings is 1. The molecule has 0 amide bonds. The first kappa shape index (κ1) is 26.7. The third-order valence-electron chi connectivity index (χ3n) is 4.13. The smallest absolute Gasteiger partial charge is 0.334 e. The molecule has 0 bridgehead atoms. The SMILES string of the molecule is CC(C)(C)C(c1ccccc1)C(O)C(CO)(CO)CO.OP(O)OP(O)O. The molecule has 0 aliphatic rings. The first-order chi connectivity index (χ1) is 12.4. The molecule has 0 aliphatic heterocycles. The molecule has 11 heteroatoms. The molecule has 8 N–H and O–H groups in total. The third-order valence-corrected chi connectivity index (χ3v) is 5.29. The van der Waals surface area contributed by atoms with Gasteiger partial charge in [0.25, 0.3) is 0 Å². The quantitative estimate of drug-likeness (QED) is 0.276. The Labute approximate surface area is 161 Å². The number of aliphatic hydroxyl groups excluding tert-OH is 4. The van der Waals surface area contributed by atoms with Crippen LogP contribution in [-0.2, 0) is 4.31 Å². The molecule has 2 atom stereocenters. The zero-order valence-electron chi connectivity index (χ0n) is 15.5. The van der Waals surface area contributed by atoms with Crippen molar-refractivity contribution in [2.45, 2.75) is 32.8 Å². The molecule has 0 spiro atoms. The van der Waals surface area contributed by atoms with Gasteiger partial charge in [-0.05, 0) is 11.0 Å². The molecular weight excluding hydrogens is 398 g/mol. The van der Waals surface area contributed by atoms with E-state index in [2.05, 4.69) is 4.31 Å². The maximum Gasteiger partial charge on any atom is 0.334 e. The molecule has 158 valence electrons. The van der Waals surface area contributed by atoms with Gasteiger partial charge in [0, 0.05) is 5.92 Å². The second-order valence-electron chi connectivity index (χ2n) is 7.12. The minimum absolute atomic E-state index is 0.286. The third kappa shape index (κ3) is 8.73. The lowest BCUT2D eigenvalue weighted by Gasteiger charge is -2.43. The van der Waals surface area contributed by atoms with E-state index in [9.17, 15) is 20.4 Å². The predicted molar refractivity (Wildman–Crippen MR) is 102 cm³/mol. The van der Waals surface area contributed by atoms with Crippen LogP contribution in [0.15, 0.2) is 30.3 Å². The van der Waals surface area contributed by atoms with Crippen molar-refractivity contribution in [3.8, 4) is 0 Å². The highest BCUT2D eigenvalue weighted by molar-refractivity contribution is 7.53. The minimum atomic E-state index is -2.61. The molecule has 27 heavy (non-hydrogen) atoms. The molecule has 0 saturated heterocycles. The lowest BCUT2D eigenvalue weighted by molar-refractivity contribution is -0.106. The van der Waals surface area contributed by atoms with E-state index in [4.69, 9.17) is 19.6 Å². The monoisotopic (exact) mass is 428 g/mol. The molecule has 9 nitrogen and oxygen atoms in total. The van der Waals surface area contributed by atoms with E-state index in [1.807, 2.05) is 51.1 Å². The maximum atomic E-state index is 10.7. The van der Waals surface area contributed by atoms with Gasteiger partial charge in [0.2, 0.25) is 0 Å². The number of rotatable bonds is 8. The summed E-state index contributed by atoms with van der Waals surface area (Å²) in [6, 6.07) is 9.50. The van der Waals surface area contributed by atoms with Crippen LogP contribution >= 0.6 is 17.2 Å². The van der Waals surface area contributed by atoms with Crippen molar-refractivity contribution in [1.82, 2.24) is 0 Å². The van der Waals surface area contributed by atoms with Crippen LogP contribution in [0.5, 0.6) is 0 Å². The van der Waals surface area contributed by atoms with Gasteiger partial charge >= 0.3 is 17.2 Å². The zero-order chi connectivity index (χ0) is 21.3. The Morgan fingerprint density at radius 3 is 1.52 bits per heavy atom. The fraction of sp³-hybridized carbons (Fsp3) is 0.625. The minimum Gasteiger partial charge on any atom is -0.396 e. The Kier molecular flexibility index (Phi) is 12.2. The molecule has 0 radical (unpaired) electrons. The fourth-order valence-corrected chi connectivity index (χ4v) is 3.19. The van der Waals surface area contributed by atoms with Crippen LogP contribution < -0.4 is 0 Å². The fourth-order valence-electron chi connectivity index (χ4n) is 2.67. The largest absolute Gasteiger partial charge is 0.396 e. The van der Waals surface area contributed by atoms with Crippen molar-refractivity contribution < 1.29 is 44.3 Å². The predicted octanol–water partition coefficient (Wildman–Crippen LogP) is 0.566. The van der Waals surface area contributed by atoms with E-state index >= 15 is 0 Å². The summed E-state index contributed by atoms with van der Waals surface area (Å²) in [4.78, 5) is 31.3. The Hall–Kier alpha value is -0.280. The lowest BCUT2D eigenvalue weighted by atomic mass is 9.66. The van der Waals surface area contributed by atoms with Gasteiger partial charge in [0.15, 0.2) is 0 Å². The maximum absolute atomic E-state index is 10.7. The highest BCUT2D eigenvalue weighted by Gasteiger charge is 2.45. The molecule has 1 aromatic carbocycles. The topological polar surface area (TPSA) is 171 Å². The summed E-state index contributed by atoms with van der Waals surface area (Å²) in [6.45, 7) is 4.56. The van der Waals surface area contributed by atoms with Crippen LogP contribution in [0.25, 0.3) is 0 Å². The number of hydrogen-bond acceptors (Lipinski definition) is 9. The van der Waals surface area contributed by atoms with E-state index in [-0.39, 0.29) is 11.3 Å². The van der Waals surface area contributed by atoms with E-state index in [0.29, 0.717) is 0 Å². The summed E-state index contributed by atoms with van der Waals surface area (Å²) in [5.41, 5.74) is -0.675. The van der Waals surface area contributed by atoms with Gasteiger partial charge in [0.1, 0.15) is 0 Å². The van der Waals surface area contributed by atoms with Gasteiger partial charge in [-0.1, -0.05) is 51.1 Å². The van der Waals surface area contributed by atoms with E-state index in [0.717, 1.165) is 5.56 Å². The number of aliphatic hydroxyl groups is 4. The van der Waals surface area contributed by atoms with Gasteiger partial charge < -0.3 is 40.0 Å². The van der Waals surface area contributed by atoms with Crippen molar-refractivity contribution in [2.75, 3.05) is 19.8 Å². The standard InChI is InChI=1S/C16H26O4.H4O5P2/c1-15(2,3)13(12-7-5-4-6-8-12)14(20)16(9-17,10-18)11-19;1-6(2)5-7(3)4/h4-8,13-14,17-20H,9-11H2,1-3H3;1-4H. The van der Waals surface area contributed by atoms with Crippen LogP contribution in [0, 0.1) is 10.8 Å². The first-order valence-electron chi connectivity index (χ1n) is 8.04. The van der Waals surface area contributed by atoms with E-state index in [1.54, 1.807) is 0 Å². The summed E-state index contributed by atoms with van der Waals surface area (Å²) in [7, 11) is -5.22. The lowest BCUT2D eigenvalue weighted by Crippen LogP contribution is -2.50. The first-order valence-corrected chi connectivity index (χ1v) is 10.4. The molecule has 0 heterocycles. The van der Waals surface area contributed by atoms with Crippen molar-refractivity contribution in [3.63, 3.8) is 0 Å². The molecule has 0 aliphatic carbocycles. The van der Waals surface area contributed by atoms with Crippen molar-refractivity contribution >= 4 is 17.2 Å². The average Bonchev–Trinajstić information content (AvgIpc) is 2.56. The summed E-state index contributed by atoms with van der Waals surface area (Å²) < 4.78 is 3.60. The van der Waals surface area contributed by atoms with Gasteiger partial charge in [-0.15, -0.1) is 0 Å². The van der Waals surface area contributed by atoms with Crippen molar-refractivity contribution in [2.24, 2.45) is 10.8 Å². The molecule has 1 aromatic rings. The Bertz CT molecular complexity index is 490. The Balaban J connectivity index is 0.000000821. The van der Waals surface area contributed by atoms with Gasteiger partial charge in [0.05, 0.1) is 31.3 Å². The summed E-state index contributed by atoms with van der Waals surface area (Å²) in [5, 5.41) is 39.3. The second kappa shape index (κ2) is 12.3. The highest BCUT2D eigenvalue weighted by Crippen LogP contribution is 2.43. The summed E-state index contributed by atoms with van der Waals surface area (Å²) >= 11 is 0. The van der Waals surface area contributed by atoms with Crippen LogP contribution in [-0.4, -0.2) is 65.9 Å². The molecular formula is C16H30O9P2.